The Hall–Kier alpha value is -3.41. The van der Waals surface area contributed by atoms with Crippen LogP contribution in [0.25, 0.3) is 16.9 Å². The molecule has 0 N–H and O–H groups in total. The molecule has 3 aromatic carbocycles. The van der Waals surface area contributed by atoms with Gasteiger partial charge in [0.2, 0.25) is 0 Å². The first kappa shape index (κ1) is 24.7. The van der Waals surface area contributed by atoms with Crippen LogP contribution in [0.2, 0.25) is 5.02 Å². The van der Waals surface area contributed by atoms with Gasteiger partial charge in [0.1, 0.15) is 5.69 Å². The Morgan fingerprint density at radius 3 is 2.29 bits per heavy atom. The van der Waals surface area contributed by atoms with Crippen molar-refractivity contribution < 1.29 is 4.79 Å². The second-order valence-corrected chi connectivity index (χ2v) is 9.50. The Morgan fingerprint density at radius 1 is 0.886 bits per heavy atom. The Morgan fingerprint density at radius 2 is 1.60 bits per heavy atom. The van der Waals surface area contributed by atoms with Crippen LogP contribution in [0, 0.1) is 13.8 Å². The predicted octanol–water partition coefficient (Wildman–Crippen LogP) is 6.01. The van der Waals surface area contributed by atoms with Gasteiger partial charge in [-0.1, -0.05) is 66.2 Å². The van der Waals surface area contributed by atoms with E-state index in [9.17, 15) is 4.79 Å². The van der Waals surface area contributed by atoms with Crippen LogP contribution < -0.4 is 0 Å². The standard InChI is InChI=1S/C29H31ClN4O/c1-21-14-15-24(18-22(21)2)26-19-28(34(31-26)27-13-9-8-12-25(27)30)29(35)33(17-16-32(3)4)20-23-10-6-5-7-11-23/h5-15,18-19H,16-17,20H2,1-4H3. The highest BCUT2D eigenvalue weighted by Crippen LogP contribution is 2.28. The molecule has 0 aliphatic carbocycles. The maximum atomic E-state index is 14.0. The van der Waals surface area contributed by atoms with Gasteiger partial charge in [0.25, 0.3) is 5.91 Å². The number of hydrogen-bond donors (Lipinski definition) is 0. The molecule has 0 radical (unpaired) electrons. The van der Waals surface area contributed by atoms with Crippen LogP contribution in [0.5, 0.6) is 0 Å². The molecule has 0 fully saturated rings. The van der Waals surface area contributed by atoms with Crippen molar-refractivity contribution in [2.75, 3.05) is 27.2 Å². The lowest BCUT2D eigenvalue weighted by atomic mass is 10.0. The number of hydrogen-bond acceptors (Lipinski definition) is 3. The summed E-state index contributed by atoms with van der Waals surface area (Å²) in [5.74, 6) is -0.0850. The summed E-state index contributed by atoms with van der Waals surface area (Å²) in [6.07, 6.45) is 0. The Labute approximate surface area is 212 Å². The van der Waals surface area contributed by atoms with Crippen LogP contribution in [-0.4, -0.2) is 52.7 Å². The third kappa shape index (κ3) is 5.81. The SMILES string of the molecule is Cc1ccc(-c2cc(C(=O)N(CCN(C)C)Cc3ccccc3)n(-c3ccccc3Cl)n2)cc1C. The molecule has 6 heteroatoms. The van der Waals surface area contributed by atoms with E-state index >= 15 is 0 Å². The summed E-state index contributed by atoms with van der Waals surface area (Å²) in [7, 11) is 4.02. The fourth-order valence-electron chi connectivity index (χ4n) is 3.92. The Kier molecular flexibility index (Phi) is 7.69. The molecule has 0 saturated heterocycles. The summed E-state index contributed by atoms with van der Waals surface area (Å²) in [4.78, 5) is 18.0. The van der Waals surface area contributed by atoms with Crippen molar-refractivity contribution in [2.45, 2.75) is 20.4 Å². The van der Waals surface area contributed by atoms with Gasteiger partial charge in [0, 0.05) is 25.2 Å². The number of carbonyl (C=O) groups excluding carboxylic acids is 1. The van der Waals surface area contributed by atoms with Crippen LogP contribution >= 0.6 is 11.6 Å². The van der Waals surface area contributed by atoms with E-state index in [2.05, 4.69) is 30.9 Å². The monoisotopic (exact) mass is 486 g/mol. The minimum Gasteiger partial charge on any atom is -0.332 e. The van der Waals surface area contributed by atoms with Crippen LogP contribution in [0.3, 0.4) is 0 Å². The van der Waals surface area contributed by atoms with Crippen molar-refractivity contribution in [2.24, 2.45) is 0 Å². The highest BCUT2D eigenvalue weighted by molar-refractivity contribution is 6.32. The molecule has 4 rings (SSSR count). The molecule has 0 saturated carbocycles. The first-order valence-corrected chi connectivity index (χ1v) is 12.1. The molecule has 0 aliphatic heterocycles. The second kappa shape index (κ2) is 10.9. The fourth-order valence-corrected chi connectivity index (χ4v) is 4.14. The minimum atomic E-state index is -0.0850. The summed E-state index contributed by atoms with van der Waals surface area (Å²) < 4.78 is 1.68. The van der Waals surface area contributed by atoms with E-state index in [-0.39, 0.29) is 5.91 Å². The predicted molar refractivity (Wildman–Crippen MR) is 143 cm³/mol. The van der Waals surface area contributed by atoms with E-state index in [1.807, 2.05) is 85.7 Å². The number of benzene rings is 3. The third-order valence-corrected chi connectivity index (χ3v) is 6.45. The van der Waals surface area contributed by atoms with Gasteiger partial charge < -0.3 is 9.80 Å². The molecule has 0 bridgehead atoms. The zero-order chi connectivity index (χ0) is 24.9. The number of carbonyl (C=O) groups is 1. The number of amides is 1. The van der Waals surface area contributed by atoms with Crippen LogP contribution in [0.15, 0.2) is 78.9 Å². The number of nitrogens with zero attached hydrogens (tertiary/aromatic N) is 4. The molecule has 1 heterocycles. The molecule has 0 aliphatic rings. The fraction of sp³-hybridized carbons (Fsp3) is 0.241. The third-order valence-electron chi connectivity index (χ3n) is 6.13. The van der Waals surface area contributed by atoms with E-state index in [0.29, 0.717) is 29.5 Å². The number of aryl methyl sites for hydroxylation is 2. The van der Waals surface area contributed by atoms with Crippen LogP contribution in [0.4, 0.5) is 0 Å². The number of aromatic nitrogens is 2. The van der Waals surface area contributed by atoms with Gasteiger partial charge in [-0.05, 0) is 68.9 Å². The Balaban J connectivity index is 1.80. The molecule has 35 heavy (non-hydrogen) atoms. The van der Waals surface area contributed by atoms with Gasteiger partial charge in [-0.2, -0.15) is 5.10 Å². The molecule has 0 spiro atoms. The highest BCUT2D eigenvalue weighted by Gasteiger charge is 2.24. The summed E-state index contributed by atoms with van der Waals surface area (Å²) in [6, 6.07) is 25.7. The zero-order valence-corrected chi connectivity index (χ0v) is 21.5. The van der Waals surface area contributed by atoms with Gasteiger partial charge in [-0.25, -0.2) is 4.68 Å². The van der Waals surface area contributed by atoms with Crippen LogP contribution in [0.1, 0.15) is 27.2 Å². The lowest BCUT2D eigenvalue weighted by molar-refractivity contribution is 0.0722. The van der Waals surface area contributed by atoms with Gasteiger partial charge in [-0.15, -0.1) is 0 Å². The molecule has 4 aromatic rings. The van der Waals surface area contributed by atoms with Gasteiger partial charge in [-0.3, -0.25) is 4.79 Å². The van der Waals surface area contributed by atoms with Gasteiger partial charge in [0.05, 0.1) is 16.4 Å². The van der Waals surface area contributed by atoms with E-state index < -0.39 is 0 Å². The lowest BCUT2D eigenvalue weighted by Crippen LogP contribution is -2.37. The van der Waals surface area contributed by atoms with Crippen molar-refractivity contribution >= 4 is 17.5 Å². The summed E-state index contributed by atoms with van der Waals surface area (Å²) in [5.41, 5.74) is 6.35. The van der Waals surface area contributed by atoms with Gasteiger partial charge >= 0.3 is 0 Å². The average molecular weight is 487 g/mol. The van der Waals surface area contributed by atoms with E-state index in [1.54, 1.807) is 4.68 Å². The van der Waals surface area contributed by atoms with Crippen molar-refractivity contribution in [3.63, 3.8) is 0 Å². The molecular weight excluding hydrogens is 456 g/mol. The lowest BCUT2D eigenvalue weighted by Gasteiger charge is -2.25. The molecule has 0 atom stereocenters. The number of rotatable bonds is 8. The molecule has 180 valence electrons. The quantitative estimate of drug-likeness (QED) is 0.306. The summed E-state index contributed by atoms with van der Waals surface area (Å²) in [5, 5.41) is 5.40. The average Bonchev–Trinajstić information content (AvgIpc) is 3.29. The first-order valence-electron chi connectivity index (χ1n) is 11.7. The van der Waals surface area contributed by atoms with Crippen molar-refractivity contribution in [3.05, 3.63) is 106 Å². The number of halogens is 1. The zero-order valence-electron chi connectivity index (χ0n) is 20.7. The van der Waals surface area contributed by atoms with E-state index in [0.717, 1.165) is 23.4 Å². The second-order valence-electron chi connectivity index (χ2n) is 9.09. The maximum absolute atomic E-state index is 14.0. The van der Waals surface area contributed by atoms with Crippen molar-refractivity contribution in [1.82, 2.24) is 19.6 Å². The molecule has 0 unspecified atom stereocenters. The maximum Gasteiger partial charge on any atom is 0.272 e. The van der Waals surface area contributed by atoms with Gasteiger partial charge in [0.15, 0.2) is 0 Å². The van der Waals surface area contributed by atoms with E-state index in [4.69, 9.17) is 16.7 Å². The smallest absolute Gasteiger partial charge is 0.272 e. The molecule has 1 aromatic heterocycles. The molecule has 5 nitrogen and oxygen atoms in total. The summed E-state index contributed by atoms with van der Waals surface area (Å²) in [6.45, 7) is 6.03. The molecular formula is C29H31ClN4O. The Bertz CT molecular complexity index is 1310. The molecule has 1 amide bonds. The highest BCUT2D eigenvalue weighted by atomic mass is 35.5. The minimum absolute atomic E-state index is 0.0850. The number of likely N-dealkylation sites (N-methyl/N-ethyl adjacent to an activating group) is 1. The van der Waals surface area contributed by atoms with Crippen molar-refractivity contribution in [3.8, 4) is 16.9 Å². The largest absolute Gasteiger partial charge is 0.332 e. The first-order chi connectivity index (χ1) is 16.8. The summed E-state index contributed by atoms with van der Waals surface area (Å²) >= 11 is 6.56. The van der Waals surface area contributed by atoms with Crippen LogP contribution in [-0.2, 0) is 6.54 Å². The number of para-hydroxylation sites is 1. The normalized spacial score (nSPS) is 11.1. The van der Waals surface area contributed by atoms with E-state index in [1.165, 1.54) is 11.1 Å². The topological polar surface area (TPSA) is 41.4 Å². The van der Waals surface area contributed by atoms with Crippen molar-refractivity contribution in [1.29, 1.82) is 0 Å².